The molecular formula is C16H25ClN2O. The Morgan fingerprint density at radius 2 is 1.85 bits per heavy atom. The van der Waals surface area contributed by atoms with Crippen LogP contribution in [-0.4, -0.2) is 12.5 Å². The highest BCUT2D eigenvalue weighted by atomic mass is 35.5. The van der Waals surface area contributed by atoms with Crippen LogP contribution in [0.5, 0.6) is 0 Å². The Hall–Kier alpha value is -1.06. The van der Waals surface area contributed by atoms with Crippen LogP contribution in [-0.2, 0) is 4.79 Å². The number of hydrogen-bond donors (Lipinski definition) is 2. The van der Waals surface area contributed by atoms with Gasteiger partial charge in [0, 0.05) is 6.54 Å². The molecule has 4 heteroatoms. The van der Waals surface area contributed by atoms with E-state index in [9.17, 15) is 4.79 Å². The van der Waals surface area contributed by atoms with E-state index < -0.39 is 6.04 Å². The lowest BCUT2D eigenvalue weighted by Gasteiger charge is -2.21. The molecule has 112 valence electrons. The molecule has 1 saturated carbocycles. The van der Waals surface area contributed by atoms with Crippen molar-refractivity contribution in [3.63, 3.8) is 0 Å². The Bertz CT molecular complexity index is 391. The van der Waals surface area contributed by atoms with Crippen molar-refractivity contribution in [2.24, 2.45) is 11.7 Å². The molecule has 1 fully saturated rings. The molecule has 0 saturated heterocycles. The minimum absolute atomic E-state index is 0. The molecule has 3 N–H and O–H groups in total. The molecule has 1 atom stereocenters. The van der Waals surface area contributed by atoms with E-state index in [-0.39, 0.29) is 18.3 Å². The van der Waals surface area contributed by atoms with Crippen LogP contribution < -0.4 is 11.1 Å². The van der Waals surface area contributed by atoms with Gasteiger partial charge in [0.15, 0.2) is 0 Å². The summed E-state index contributed by atoms with van der Waals surface area (Å²) in [5.74, 6) is 0.726. The Morgan fingerprint density at radius 3 is 2.50 bits per heavy atom. The van der Waals surface area contributed by atoms with Crippen LogP contribution in [0.25, 0.3) is 0 Å². The molecule has 0 bridgehead atoms. The molecule has 0 heterocycles. The van der Waals surface area contributed by atoms with Crippen molar-refractivity contribution in [1.82, 2.24) is 5.32 Å². The van der Waals surface area contributed by atoms with E-state index in [1.54, 1.807) is 0 Å². The van der Waals surface area contributed by atoms with Gasteiger partial charge >= 0.3 is 0 Å². The lowest BCUT2D eigenvalue weighted by Crippen LogP contribution is -2.35. The lowest BCUT2D eigenvalue weighted by atomic mass is 9.87. The molecule has 1 aliphatic carbocycles. The topological polar surface area (TPSA) is 55.1 Å². The molecule has 3 nitrogen and oxygen atoms in total. The molecular weight excluding hydrogens is 272 g/mol. The van der Waals surface area contributed by atoms with E-state index in [0.717, 1.165) is 24.4 Å². The Labute approximate surface area is 127 Å². The number of rotatable bonds is 5. The van der Waals surface area contributed by atoms with Gasteiger partial charge < -0.3 is 11.1 Å². The van der Waals surface area contributed by atoms with E-state index in [1.165, 1.54) is 32.1 Å². The Balaban J connectivity index is 0.00000200. The van der Waals surface area contributed by atoms with Crippen LogP contribution in [0.2, 0.25) is 0 Å². The molecule has 0 radical (unpaired) electrons. The Morgan fingerprint density at radius 1 is 1.20 bits per heavy atom. The number of nitrogens with two attached hydrogens (primary N) is 1. The summed E-state index contributed by atoms with van der Waals surface area (Å²) in [7, 11) is 0. The highest BCUT2D eigenvalue weighted by molar-refractivity contribution is 5.85. The minimum atomic E-state index is -0.549. The van der Waals surface area contributed by atoms with Crippen LogP contribution in [0.3, 0.4) is 0 Å². The first-order valence-electron chi connectivity index (χ1n) is 7.35. The molecule has 1 aromatic carbocycles. The maximum absolute atomic E-state index is 11.9. The summed E-state index contributed by atoms with van der Waals surface area (Å²) in [6, 6.07) is 8.98. The van der Waals surface area contributed by atoms with E-state index in [0.29, 0.717) is 0 Å². The summed E-state index contributed by atoms with van der Waals surface area (Å²) in [6.45, 7) is 0.754. The third-order valence-electron chi connectivity index (χ3n) is 4.02. The monoisotopic (exact) mass is 296 g/mol. The zero-order valence-electron chi connectivity index (χ0n) is 11.9. The second kappa shape index (κ2) is 8.98. The zero-order valence-corrected chi connectivity index (χ0v) is 12.7. The second-order valence-corrected chi connectivity index (χ2v) is 5.47. The minimum Gasteiger partial charge on any atom is -0.354 e. The number of carbonyl (C=O) groups excluding carboxylic acids is 1. The van der Waals surface area contributed by atoms with Crippen LogP contribution in [0, 0.1) is 5.92 Å². The van der Waals surface area contributed by atoms with Crippen LogP contribution in [0.4, 0.5) is 0 Å². The third-order valence-corrected chi connectivity index (χ3v) is 4.02. The van der Waals surface area contributed by atoms with E-state index in [1.807, 2.05) is 30.3 Å². The number of hydrogen-bond acceptors (Lipinski definition) is 2. The zero-order chi connectivity index (χ0) is 13.5. The molecule has 0 aromatic heterocycles. The predicted octanol–water partition coefficient (Wildman–Crippen LogP) is 3.19. The highest BCUT2D eigenvalue weighted by Crippen LogP contribution is 2.25. The van der Waals surface area contributed by atoms with E-state index in [4.69, 9.17) is 5.73 Å². The summed E-state index contributed by atoms with van der Waals surface area (Å²) in [5.41, 5.74) is 6.82. The van der Waals surface area contributed by atoms with E-state index >= 15 is 0 Å². The van der Waals surface area contributed by atoms with Crippen LogP contribution in [0.15, 0.2) is 30.3 Å². The number of benzene rings is 1. The average molecular weight is 297 g/mol. The predicted molar refractivity (Wildman–Crippen MR) is 84.8 cm³/mol. The number of carbonyl (C=O) groups is 1. The van der Waals surface area contributed by atoms with E-state index in [2.05, 4.69) is 5.32 Å². The van der Waals surface area contributed by atoms with Gasteiger partial charge in [-0.15, -0.1) is 12.4 Å². The molecule has 20 heavy (non-hydrogen) atoms. The Kier molecular flexibility index (Phi) is 7.63. The average Bonchev–Trinajstić information content (AvgIpc) is 2.48. The van der Waals surface area contributed by atoms with Gasteiger partial charge in [0.05, 0.1) is 0 Å². The summed E-state index contributed by atoms with van der Waals surface area (Å²) < 4.78 is 0. The fraction of sp³-hybridized carbons (Fsp3) is 0.562. The summed E-state index contributed by atoms with van der Waals surface area (Å²) >= 11 is 0. The lowest BCUT2D eigenvalue weighted by molar-refractivity contribution is -0.122. The van der Waals surface area contributed by atoms with Crippen molar-refractivity contribution >= 4 is 18.3 Å². The molecule has 1 amide bonds. The normalized spacial score (nSPS) is 17.1. The summed E-state index contributed by atoms with van der Waals surface area (Å²) in [4.78, 5) is 11.9. The van der Waals surface area contributed by atoms with Crippen molar-refractivity contribution in [2.75, 3.05) is 6.54 Å². The smallest absolute Gasteiger partial charge is 0.241 e. The van der Waals surface area contributed by atoms with Gasteiger partial charge in [-0.2, -0.15) is 0 Å². The van der Waals surface area contributed by atoms with Crippen LogP contribution >= 0.6 is 12.4 Å². The standard InChI is InChI=1S/C16H24N2O.ClH/c17-15(14-9-5-2-6-10-14)16(19)18-12-11-13-7-3-1-4-8-13;/h2,5-6,9-10,13,15H,1,3-4,7-8,11-12,17H2,(H,18,19);1H. The molecule has 1 aliphatic rings. The third kappa shape index (κ3) is 5.14. The van der Waals surface area contributed by atoms with Gasteiger partial charge in [-0.05, 0) is 17.9 Å². The first-order chi connectivity index (χ1) is 9.27. The molecule has 2 rings (SSSR count). The quantitative estimate of drug-likeness (QED) is 0.877. The maximum atomic E-state index is 11.9. The largest absolute Gasteiger partial charge is 0.354 e. The van der Waals surface area contributed by atoms with Gasteiger partial charge in [-0.3, -0.25) is 4.79 Å². The van der Waals surface area contributed by atoms with Crippen molar-refractivity contribution in [2.45, 2.75) is 44.6 Å². The number of nitrogens with one attached hydrogen (secondary N) is 1. The van der Waals surface area contributed by atoms with Gasteiger partial charge in [0.2, 0.25) is 5.91 Å². The van der Waals surface area contributed by atoms with Crippen molar-refractivity contribution < 1.29 is 4.79 Å². The van der Waals surface area contributed by atoms with Crippen molar-refractivity contribution in [3.8, 4) is 0 Å². The summed E-state index contributed by atoms with van der Waals surface area (Å²) in [6.07, 6.45) is 7.81. The summed E-state index contributed by atoms with van der Waals surface area (Å²) in [5, 5.41) is 2.96. The van der Waals surface area contributed by atoms with Gasteiger partial charge in [0.25, 0.3) is 0 Å². The van der Waals surface area contributed by atoms with Crippen molar-refractivity contribution in [1.29, 1.82) is 0 Å². The fourth-order valence-corrected chi connectivity index (χ4v) is 2.80. The van der Waals surface area contributed by atoms with Crippen LogP contribution in [0.1, 0.15) is 50.1 Å². The first kappa shape index (κ1) is 17.0. The van der Waals surface area contributed by atoms with Gasteiger partial charge in [0.1, 0.15) is 6.04 Å². The van der Waals surface area contributed by atoms with Gasteiger partial charge in [-0.1, -0.05) is 62.4 Å². The molecule has 1 unspecified atom stereocenters. The maximum Gasteiger partial charge on any atom is 0.241 e. The van der Waals surface area contributed by atoms with Gasteiger partial charge in [-0.25, -0.2) is 0 Å². The molecule has 0 aliphatic heterocycles. The number of amides is 1. The fourth-order valence-electron chi connectivity index (χ4n) is 2.80. The first-order valence-corrected chi connectivity index (χ1v) is 7.35. The highest BCUT2D eigenvalue weighted by Gasteiger charge is 2.16. The van der Waals surface area contributed by atoms with Crippen molar-refractivity contribution in [3.05, 3.63) is 35.9 Å². The SMILES string of the molecule is Cl.NC(C(=O)NCCC1CCCCC1)c1ccccc1. The molecule has 1 aromatic rings. The second-order valence-electron chi connectivity index (χ2n) is 5.47. The molecule has 0 spiro atoms. The number of halogens is 1.